The molecule has 2 rings (SSSR count). The summed E-state index contributed by atoms with van der Waals surface area (Å²) in [7, 11) is -2.28. The number of Topliss-reactive ketones (excluding diaryl/α,β-unsaturated/α-hetero) is 1. The number of esters is 1. The van der Waals surface area contributed by atoms with Gasteiger partial charge in [-0.2, -0.15) is 9.82 Å². The van der Waals surface area contributed by atoms with Crippen molar-refractivity contribution in [2.45, 2.75) is 31.6 Å². The van der Waals surface area contributed by atoms with E-state index >= 15 is 0 Å². The first kappa shape index (κ1) is 20.8. The Morgan fingerprint density at radius 1 is 1.22 bits per heavy atom. The molecule has 0 unspecified atom stereocenters. The number of nitrogens with one attached hydrogen (secondary N) is 1. The summed E-state index contributed by atoms with van der Waals surface area (Å²) >= 11 is 0. The molecule has 1 aromatic heterocycles. The van der Waals surface area contributed by atoms with Gasteiger partial charge in [-0.15, -0.1) is 0 Å². The number of nitrogens with zero attached hydrogens (tertiary/aromatic N) is 2. The summed E-state index contributed by atoms with van der Waals surface area (Å²) < 4.78 is 32.4. The van der Waals surface area contributed by atoms with E-state index in [2.05, 4.69) is 9.82 Å². The topological polar surface area (TPSA) is 107 Å². The van der Waals surface area contributed by atoms with Crippen molar-refractivity contribution < 1.29 is 22.7 Å². The van der Waals surface area contributed by atoms with Gasteiger partial charge in [0, 0.05) is 18.8 Å². The zero-order valence-electron chi connectivity index (χ0n) is 15.6. The molecule has 0 aliphatic heterocycles. The fourth-order valence-corrected chi connectivity index (χ4v) is 3.41. The molecule has 0 spiro atoms. The third-order valence-corrected chi connectivity index (χ3v) is 5.38. The molecule has 1 N–H and O–H groups in total. The fourth-order valence-electron chi connectivity index (χ4n) is 2.46. The first-order chi connectivity index (χ1) is 12.8. The molecule has 1 aromatic carbocycles. The van der Waals surface area contributed by atoms with Crippen LogP contribution in [0, 0.1) is 0 Å². The molecule has 2 aromatic rings. The maximum atomic E-state index is 12.4. The first-order valence-corrected chi connectivity index (χ1v) is 10.0. The molecule has 0 amide bonds. The monoisotopic (exact) mass is 393 g/mol. The summed E-state index contributed by atoms with van der Waals surface area (Å²) in [5.41, 5.74) is 2.43. The molecule has 0 saturated carbocycles. The third kappa shape index (κ3) is 5.48. The molecule has 8 nitrogen and oxygen atoms in total. The van der Waals surface area contributed by atoms with Crippen LogP contribution in [-0.4, -0.2) is 43.1 Å². The second-order valence-electron chi connectivity index (χ2n) is 5.96. The van der Waals surface area contributed by atoms with Crippen LogP contribution < -0.4 is 4.72 Å². The zero-order valence-corrected chi connectivity index (χ0v) is 16.4. The van der Waals surface area contributed by atoms with Gasteiger partial charge in [-0.05, 0) is 30.0 Å². The molecule has 0 aliphatic rings. The van der Waals surface area contributed by atoms with Gasteiger partial charge in [-0.3, -0.25) is 14.3 Å². The Labute approximate surface area is 158 Å². The van der Waals surface area contributed by atoms with E-state index in [1.807, 2.05) is 26.0 Å². The van der Waals surface area contributed by atoms with Crippen molar-refractivity contribution in [2.75, 3.05) is 13.2 Å². The quantitative estimate of drug-likeness (QED) is 0.507. The summed E-state index contributed by atoms with van der Waals surface area (Å²) in [5.74, 6) is -1.15. The second-order valence-corrected chi connectivity index (χ2v) is 7.72. The highest BCUT2D eigenvalue weighted by Crippen LogP contribution is 2.15. The van der Waals surface area contributed by atoms with Crippen LogP contribution in [0.25, 0.3) is 0 Å². The van der Waals surface area contributed by atoms with Crippen molar-refractivity contribution in [3.8, 4) is 0 Å². The zero-order chi connectivity index (χ0) is 20.0. The Balaban J connectivity index is 1.93. The summed E-state index contributed by atoms with van der Waals surface area (Å²) in [6.07, 6.45) is 3.96. The van der Waals surface area contributed by atoms with Crippen molar-refractivity contribution in [2.24, 2.45) is 7.05 Å². The smallest absolute Gasteiger partial charge is 0.321 e. The molecule has 9 heteroatoms. The highest BCUT2D eigenvalue weighted by Gasteiger charge is 2.19. The number of sulfonamides is 1. The lowest BCUT2D eigenvalue weighted by molar-refractivity contribution is -0.141. The average Bonchev–Trinajstić information content (AvgIpc) is 3.11. The summed E-state index contributed by atoms with van der Waals surface area (Å²) in [6.45, 7) is 2.92. The van der Waals surface area contributed by atoms with Crippen LogP contribution in [0.1, 0.15) is 35.3 Å². The molecule has 146 valence electrons. The van der Waals surface area contributed by atoms with Gasteiger partial charge in [0.25, 0.3) is 0 Å². The maximum absolute atomic E-state index is 12.4. The predicted molar refractivity (Wildman–Crippen MR) is 98.9 cm³/mol. The number of carbonyl (C=O) groups excluding carboxylic acids is 2. The number of ketones is 1. The van der Waals surface area contributed by atoms with E-state index in [1.165, 1.54) is 17.1 Å². The van der Waals surface area contributed by atoms with Crippen LogP contribution >= 0.6 is 0 Å². The van der Waals surface area contributed by atoms with Crippen molar-refractivity contribution in [1.29, 1.82) is 0 Å². The molecule has 0 aliphatic carbocycles. The number of rotatable bonds is 9. The van der Waals surface area contributed by atoms with Gasteiger partial charge in [0.1, 0.15) is 11.4 Å². The van der Waals surface area contributed by atoms with Crippen molar-refractivity contribution in [3.63, 3.8) is 0 Å². The van der Waals surface area contributed by atoms with Gasteiger partial charge >= 0.3 is 5.97 Å². The normalized spacial score (nSPS) is 11.4. The summed E-state index contributed by atoms with van der Waals surface area (Å²) in [6, 6.07) is 5.67. The number of benzene rings is 1. The van der Waals surface area contributed by atoms with Crippen LogP contribution in [0.15, 0.2) is 35.5 Å². The van der Waals surface area contributed by atoms with Crippen molar-refractivity contribution in [1.82, 2.24) is 14.5 Å². The van der Waals surface area contributed by atoms with Crippen LogP contribution in [-0.2, 0) is 39.4 Å². The molecular formula is C18H23N3O5S. The SMILES string of the molecule is CCc1ccc(CC)c(C(=O)COC(=O)CNS(=O)(=O)c2cnn(C)c2)c1. The van der Waals surface area contributed by atoms with E-state index in [0.717, 1.165) is 17.5 Å². The number of aryl methyl sites for hydroxylation is 3. The highest BCUT2D eigenvalue weighted by atomic mass is 32.2. The molecule has 0 atom stereocenters. The highest BCUT2D eigenvalue weighted by molar-refractivity contribution is 7.89. The van der Waals surface area contributed by atoms with Gasteiger partial charge in [-0.1, -0.05) is 26.0 Å². The minimum Gasteiger partial charge on any atom is -0.456 e. The Morgan fingerprint density at radius 3 is 2.56 bits per heavy atom. The predicted octanol–water partition coefficient (Wildman–Crippen LogP) is 1.25. The Hall–Kier alpha value is -2.52. The van der Waals surface area contributed by atoms with Gasteiger partial charge < -0.3 is 4.74 Å². The lowest BCUT2D eigenvalue weighted by atomic mass is 9.98. The second kappa shape index (κ2) is 8.92. The van der Waals surface area contributed by atoms with Crippen LogP contribution in [0.3, 0.4) is 0 Å². The summed E-state index contributed by atoms with van der Waals surface area (Å²) in [4.78, 5) is 24.2. The van der Waals surface area contributed by atoms with Crippen molar-refractivity contribution >= 4 is 21.8 Å². The maximum Gasteiger partial charge on any atom is 0.321 e. The standard InChI is InChI=1S/C18H23N3O5S/c1-4-13-6-7-14(5-2)16(8-13)17(22)12-26-18(23)10-20-27(24,25)15-9-19-21(3)11-15/h6-9,11,20H,4-5,10,12H2,1-3H3. The number of ether oxygens (including phenoxy) is 1. The third-order valence-electron chi connectivity index (χ3n) is 4.03. The fraction of sp³-hybridized carbons (Fsp3) is 0.389. The largest absolute Gasteiger partial charge is 0.456 e. The Morgan fingerprint density at radius 2 is 1.96 bits per heavy atom. The van der Waals surface area contributed by atoms with Gasteiger partial charge in [0.05, 0.1) is 6.20 Å². The number of hydrogen-bond donors (Lipinski definition) is 1. The number of aromatic nitrogens is 2. The number of hydrogen-bond acceptors (Lipinski definition) is 6. The summed E-state index contributed by atoms with van der Waals surface area (Å²) in [5, 5.41) is 3.77. The lowest BCUT2D eigenvalue weighted by Crippen LogP contribution is -2.31. The molecule has 0 saturated heterocycles. The average molecular weight is 393 g/mol. The lowest BCUT2D eigenvalue weighted by Gasteiger charge is -2.10. The molecule has 0 bridgehead atoms. The van der Waals surface area contributed by atoms with E-state index in [-0.39, 0.29) is 10.7 Å². The van der Waals surface area contributed by atoms with Gasteiger partial charge in [0.15, 0.2) is 6.61 Å². The van der Waals surface area contributed by atoms with Crippen LogP contribution in [0.2, 0.25) is 0 Å². The van der Waals surface area contributed by atoms with Crippen LogP contribution in [0.4, 0.5) is 0 Å². The van der Waals surface area contributed by atoms with E-state index in [0.29, 0.717) is 12.0 Å². The van der Waals surface area contributed by atoms with E-state index in [1.54, 1.807) is 13.1 Å². The minimum absolute atomic E-state index is 0.0576. The Bertz CT molecular complexity index is 934. The minimum atomic E-state index is -3.86. The van der Waals surface area contributed by atoms with Gasteiger partial charge in [0.2, 0.25) is 15.8 Å². The molecule has 27 heavy (non-hydrogen) atoms. The number of carbonyl (C=O) groups is 2. The molecule has 0 radical (unpaired) electrons. The molecule has 0 fully saturated rings. The Kier molecular flexibility index (Phi) is 6.86. The van der Waals surface area contributed by atoms with E-state index in [4.69, 9.17) is 4.74 Å². The van der Waals surface area contributed by atoms with E-state index in [9.17, 15) is 18.0 Å². The van der Waals surface area contributed by atoms with Gasteiger partial charge in [-0.25, -0.2) is 8.42 Å². The van der Waals surface area contributed by atoms with Crippen molar-refractivity contribution in [3.05, 3.63) is 47.3 Å². The van der Waals surface area contributed by atoms with Crippen LogP contribution in [0.5, 0.6) is 0 Å². The first-order valence-electron chi connectivity index (χ1n) is 8.55. The molecule has 1 heterocycles. The molecular weight excluding hydrogens is 370 g/mol. The van der Waals surface area contributed by atoms with E-state index < -0.39 is 29.1 Å².